The molecule has 0 saturated carbocycles. The Morgan fingerprint density at radius 3 is 2.76 bits per heavy atom. The van der Waals surface area contributed by atoms with E-state index in [9.17, 15) is 4.79 Å². The van der Waals surface area contributed by atoms with Gasteiger partial charge in [-0.25, -0.2) is 9.67 Å². The third kappa shape index (κ3) is 3.14. The lowest BCUT2D eigenvalue weighted by atomic mass is 10.1. The highest BCUT2D eigenvalue weighted by atomic mass is 16.2. The van der Waals surface area contributed by atoms with Gasteiger partial charge in [0.25, 0.3) is 5.91 Å². The summed E-state index contributed by atoms with van der Waals surface area (Å²) in [6.45, 7) is 2.06. The van der Waals surface area contributed by atoms with Crippen molar-refractivity contribution in [3.8, 4) is 17.1 Å². The number of nitrogens with zero attached hydrogens (tertiary/aromatic N) is 5. The molecule has 164 valence electrons. The molecule has 6 rings (SSSR count). The zero-order chi connectivity index (χ0) is 22.5. The number of fused-ring (bicyclic) bond motifs is 2. The number of rotatable bonds is 4. The Morgan fingerprint density at radius 2 is 1.91 bits per heavy atom. The van der Waals surface area contributed by atoms with Gasteiger partial charge in [-0.3, -0.25) is 9.48 Å². The van der Waals surface area contributed by atoms with Crippen LogP contribution in [0.25, 0.3) is 28.1 Å². The van der Waals surface area contributed by atoms with E-state index >= 15 is 0 Å². The first kappa shape index (κ1) is 19.5. The van der Waals surface area contributed by atoms with Crippen LogP contribution in [0.4, 0.5) is 5.82 Å². The van der Waals surface area contributed by atoms with Crippen molar-refractivity contribution in [2.24, 2.45) is 7.05 Å². The molecule has 8 heteroatoms. The highest BCUT2D eigenvalue weighted by Crippen LogP contribution is 2.31. The molecule has 0 aliphatic heterocycles. The monoisotopic (exact) mass is 437 g/mol. The van der Waals surface area contributed by atoms with E-state index in [1.54, 1.807) is 17.9 Å². The van der Waals surface area contributed by atoms with Crippen LogP contribution < -0.4 is 5.32 Å². The minimum absolute atomic E-state index is 0.235. The molecule has 8 nitrogen and oxygen atoms in total. The van der Waals surface area contributed by atoms with E-state index in [0.717, 1.165) is 58.4 Å². The minimum atomic E-state index is -0.235. The van der Waals surface area contributed by atoms with Gasteiger partial charge < -0.3 is 10.3 Å². The molecular weight excluding hydrogens is 414 g/mol. The lowest BCUT2D eigenvalue weighted by Gasteiger charge is -2.09. The van der Waals surface area contributed by atoms with Crippen molar-refractivity contribution in [3.63, 3.8) is 0 Å². The van der Waals surface area contributed by atoms with E-state index < -0.39 is 0 Å². The second-order valence-electron chi connectivity index (χ2n) is 8.41. The van der Waals surface area contributed by atoms with Gasteiger partial charge in [0.05, 0.1) is 28.5 Å². The van der Waals surface area contributed by atoms with E-state index in [1.807, 2.05) is 47.1 Å². The van der Waals surface area contributed by atoms with Gasteiger partial charge >= 0.3 is 0 Å². The van der Waals surface area contributed by atoms with Crippen molar-refractivity contribution in [1.29, 1.82) is 0 Å². The first-order valence-electron chi connectivity index (χ1n) is 11.1. The maximum atomic E-state index is 13.5. The third-order valence-electron chi connectivity index (χ3n) is 6.30. The summed E-state index contributed by atoms with van der Waals surface area (Å²) >= 11 is 0. The smallest absolute Gasteiger partial charge is 0.277 e. The van der Waals surface area contributed by atoms with Crippen molar-refractivity contribution in [1.82, 2.24) is 29.5 Å². The van der Waals surface area contributed by atoms with Gasteiger partial charge in [-0.15, -0.1) is 0 Å². The topological polar surface area (TPSA) is 93.4 Å². The van der Waals surface area contributed by atoms with Gasteiger partial charge in [-0.1, -0.05) is 30.3 Å². The molecular formula is C25H23N7O. The number of hydrogen-bond acceptors (Lipinski definition) is 4. The standard InChI is InChI=1S/C25H23N7O/c1-15-8-3-6-12-20(15)32-21-13-7-9-16(21)22(30-32)25(33)29-24-17(14-26-31(24)2)23-27-18-10-4-5-11-19(18)28-23/h3-6,8,10-12,14H,7,9,13H2,1-2H3,(H,27,28)(H,29,33). The van der Waals surface area contributed by atoms with Gasteiger partial charge in [-0.05, 0) is 49.9 Å². The Hall–Kier alpha value is -4.20. The second-order valence-corrected chi connectivity index (χ2v) is 8.41. The molecule has 0 atom stereocenters. The zero-order valence-electron chi connectivity index (χ0n) is 18.5. The van der Waals surface area contributed by atoms with Crippen LogP contribution >= 0.6 is 0 Å². The van der Waals surface area contributed by atoms with Crippen LogP contribution in [0.1, 0.15) is 33.7 Å². The lowest BCUT2D eigenvalue weighted by molar-refractivity contribution is 0.102. The lowest BCUT2D eigenvalue weighted by Crippen LogP contribution is -2.17. The van der Waals surface area contributed by atoms with E-state index in [1.165, 1.54) is 0 Å². The van der Waals surface area contributed by atoms with Crippen molar-refractivity contribution in [2.45, 2.75) is 26.2 Å². The Morgan fingerprint density at radius 1 is 1.09 bits per heavy atom. The molecule has 33 heavy (non-hydrogen) atoms. The summed E-state index contributed by atoms with van der Waals surface area (Å²) in [5.74, 6) is 1.01. The Balaban J connectivity index is 1.38. The molecule has 2 aromatic carbocycles. The second kappa shape index (κ2) is 7.44. The fraction of sp³-hybridized carbons (Fsp3) is 0.200. The number of para-hydroxylation sites is 3. The van der Waals surface area contributed by atoms with Gasteiger partial charge in [0.15, 0.2) is 5.69 Å². The zero-order valence-corrected chi connectivity index (χ0v) is 18.5. The first-order chi connectivity index (χ1) is 16.1. The van der Waals surface area contributed by atoms with Crippen LogP contribution in [0.15, 0.2) is 54.7 Å². The van der Waals surface area contributed by atoms with Crippen LogP contribution in [0, 0.1) is 6.92 Å². The number of aromatic nitrogens is 6. The highest BCUT2D eigenvalue weighted by Gasteiger charge is 2.28. The quantitative estimate of drug-likeness (QED) is 0.441. The maximum absolute atomic E-state index is 13.5. The molecule has 0 spiro atoms. The Bertz CT molecular complexity index is 1490. The van der Waals surface area contributed by atoms with E-state index in [4.69, 9.17) is 5.10 Å². The van der Waals surface area contributed by atoms with E-state index in [2.05, 4.69) is 33.4 Å². The average molecular weight is 438 g/mol. The molecule has 1 aliphatic rings. The number of nitrogens with one attached hydrogen (secondary N) is 2. The number of H-pyrrole nitrogens is 1. The number of amides is 1. The molecule has 0 radical (unpaired) electrons. The van der Waals surface area contributed by atoms with E-state index in [-0.39, 0.29) is 5.91 Å². The number of aryl methyl sites for hydroxylation is 2. The molecule has 1 amide bonds. The third-order valence-corrected chi connectivity index (χ3v) is 6.30. The predicted octanol–water partition coefficient (Wildman–Crippen LogP) is 4.20. The SMILES string of the molecule is Cc1ccccc1-n1nc(C(=O)Nc2c(-c3nc4ccccc4[nH]3)cnn2C)c2c1CCC2. The molecule has 3 aromatic heterocycles. The van der Waals surface area contributed by atoms with Gasteiger partial charge in [0, 0.05) is 18.3 Å². The van der Waals surface area contributed by atoms with Crippen molar-refractivity contribution < 1.29 is 4.79 Å². The number of imidazole rings is 1. The molecule has 1 aliphatic carbocycles. The Kier molecular flexibility index (Phi) is 4.39. The number of carbonyl (C=O) groups excluding carboxylic acids is 1. The summed E-state index contributed by atoms with van der Waals surface area (Å²) in [6.07, 6.45) is 4.50. The summed E-state index contributed by atoms with van der Waals surface area (Å²) in [4.78, 5) is 21.4. The van der Waals surface area contributed by atoms with Crippen molar-refractivity contribution >= 4 is 22.8 Å². The largest absolute Gasteiger partial charge is 0.338 e. The predicted molar refractivity (Wildman–Crippen MR) is 127 cm³/mol. The van der Waals surface area contributed by atoms with Crippen LogP contribution in [0.5, 0.6) is 0 Å². The molecule has 0 bridgehead atoms. The van der Waals surface area contributed by atoms with Gasteiger partial charge in [0.1, 0.15) is 11.6 Å². The summed E-state index contributed by atoms with van der Waals surface area (Å²) in [5.41, 5.74) is 7.30. The minimum Gasteiger partial charge on any atom is -0.338 e. The normalized spacial score (nSPS) is 12.9. The molecule has 0 saturated heterocycles. The van der Waals surface area contributed by atoms with Crippen molar-refractivity contribution in [2.75, 3.05) is 5.32 Å². The number of aromatic amines is 1. The fourth-order valence-electron chi connectivity index (χ4n) is 4.63. The van der Waals surface area contributed by atoms with Crippen LogP contribution in [0.3, 0.4) is 0 Å². The number of carbonyl (C=O) groups is 1. The number of benzene rings is 2. The molecule has 0 fully saturated rings. The maximum Gasteiger partial charge on any atom is 0.277 e. The van der Waals surface area contributed by atoms with Gasteiger partial charge in [0.2, 0.25) is 0 Å². The van der Waals surface area contributed by atoms with Crippen LogP contribution in [-0.2, 0) is 19.9 Å². The fourth-order valence-corrected chi connectivity index (χ4v) is 4.63. The molecule has 3 heterocycles. The average Bonchev–Trinajstić information content (AvgIpc) is 3.58. The van der Waals surface area contributed by atoms with Crippen LogP contribution in [0.2, 0.25) is 0 Å². The summed E-state index contributed by atoms with van der Waals surface area (Å²) < 4.78 is 3.59. The molecule has 0 unspecified atom stereocenters. The Labute approximate surface area is 190 Å². The number of anilines is 1. The molecule has 5 aromatic rings. The first-order valence-corrected chi connectivity index (χ1v) is 11.1. The summed E-state index contributed by atoms with van der Waals surface area (Å²) in [6, 6.07) is 16.0. The van der Waals surface area contributed by atoms with E-state index in [0.29, 0.717) is 17.3 Å². The highest BCUT2D eigenvalue weighted by molar-refractivity contribution is 6.05. The van der Waals surface area contributed by atoms with Crippen LogP contribution in [-0.4, -0.2) is 35.4 Å². The molecule has 2 N–H and O–H groups in total. The summed E-state index contributed by atoms with van der Waals surface area (Å²) in [5, 5.41) is 12.2. The number of hydrogen-bond donors (Lipinski definition) is 2. The summed E-state index contributed by atoms with van der Waals surface area (Å²) in [7, 11) is 1.80. The van der Waals surface area contributed by atoms with Gasteiger partial charge in [-0.2, -0.15) is 10.2 Å². The van der Waals surface area contributed by atoms with Crippen molar-refractivity contribution in [3.05, 3.63) is 77.2 Å².